The van der Waals surface area contributed by atoms with E-state index in [1.54, 1.807) is 0 Å². The minimum absolute atomic E-state index is 0.101. The molecule has 0 N–H and O–H groups in total. The molecule has 1 aliphatic rings. The predicted octanol–water partition coefficient (Wildman–Crippen LogP) is 4.48. The van der Waals surface area contributed by atoms with Crippen LogP contribution in [0.2, 0.25) is 0 Å². The standard InChI is InChI=1S/C14H18BrF2N/c1-9(2)18(8-10-3-4-10)14-12(16)5-11(7-15)6-13(14)17/h5-6,9-10H,3-4,7-8H2,1-2H3. The van der Waals surface area contributed by atoms with Crippen LogP contribution in [0.25, 0.3) is 0 Å². The largest absolute Gasteiger partial charge is 0.364 e. The van der Waals surface area contributed by atoms with E-state index in [2.05, 4.69) is 15.9 Å². The fraction of sp³-hybridized carbons (Fsp3) is 0.571. The summed E-state index contributed by atoms with van der Waals surface area (Å²) in [4.78, 5) is 1.85. The first-order chi connectivity index (χ1) is 8.52. The molecule has 18 heavy (non-hydrogen) atoms. The smallest absolute Gasteiger partial charge is 0.149 e. The maximum absolute atomic E-state index is 14.1. The summed E-state index contributed by atoms with van der Waals surface area (Å²) in [6.07, 6.45) is 2.35. The molecule has 0 heterocycles. The Morgan fingerprint density at radius 2 is 1.83 bits per heavy atom. The lowest BCUT2D eigenvalue weighted by molar-refractivity contribution is 0.546. The number of halogens is 3. The Labute approximate surface area is 115 Å². The summed E-state index contributed by atoms with van der Waals surface area (Å²) < 4.78 is 28.2. The van der Waals surface area contributed by atoms with Crippen LogP contribution in [0.3, 0.4) is 0 Å². The third kappa shape index (κ3) is 3.02. The lowest BCUT2D eigenvalue weighted by atomic mass is 10.1. The molecular formula is C14H18BrF2N. The van der Waals surface area contributed by atoms with Crippen molar-refractivity contribution in [3.05, 3.63) is 29.3 Å². The molecule has 0 saturated heterocycles. The molecule has 0 spiro atoms. The molecule has 0 amide bonds. The van der Waals surface area contributed by atoms with E-state index in [9.17, 15) is 8.78 Å². The Balaban J connectivity index is 2.33. The third-order valence-electron chi connectivity index (χ3n) is 3.29. The third-order valence-corrected chi connectivity index (χ3v) is 3.94. The number of anilines is 1. The Hall–Kier alpha value is -0.640. The topological polar surface area (TPSA) is 3.24 Å². The Bertz CT molecular complexity index is 407. The molecule has 1 aromatic rings. The van der Waals surface area contributed by atoms with Crippen LogP contribution in [0.5, 0.6) is 0 Å². The van der Waals surface area contributed by atoms with Gasteiger partial charge in [0.2, 0.25) is 0 Å². The van der Waals surface area contributed by atoms with Crippen LogP contribution in [-0.4, -0.2) is 12.6 Å². The zero-order valence-corrected chi connectivity index (χ0v) is 12.3. The van der Waals surface area contributed by atoms with Crippen LogP contribution >= 0.6 is 15.9 Å². The van der Waals surface area contributed by atoms with E-state index in [1.807, 2.05) is 18.7 Å². The van der Waals surface area contributed by atoms with Crippen LogP contribution in [0, 0.1) is 17.6 Å². The molecule has 0 aliphatic heterocycles. The van der Waals surface area contributed by atoms with Crippen molar-refractivity contribution in [2.24, 2.45) is 5.92 Å². The van der Waals surface area contributed by atoms with Crippen molar-refractivity contribution in [3.8, 4) is 0 Å². The van der Waals surface area contributed by atoms with Gasteiger partial charge in [-0.15, -0.1) is 0 Å². The summed E-state index contributed by atoms with van der Waals surface area (Å²) in [5.74, 6) is -0.320. The van der Waals surface area contributed by atoms with E-state index in [1.165, 1.54) is 25.0 Å². The molecule has 0 bridgehead atoms. The van der Waals surface area contributed by atoms with Crippen molar-refractivity contribution in [2.45, 2.75) is 38.1 Å². The SMILES string of the molecule is CC(C)N(CC1CC1)c1c(F)cc(CBr)cc1F. The van der Waals surface area contributed by atoms with Gasteiger partial charge in [0.1, 0.15) is 17.3 Å². The average molecular weight is 318 g/mol. The summed E-state index contributed by atoms with van der Waals surface area (Å²) in [5.41, 5.74) is 0.755. The fourth-order valence-electron chi connectivity index (χ4n) is 2.11. The summed E-state index contributed by atoms with van der Waals surface area (Å²) in [6, 6.07) is 2.93. The summed E-state index contributed by atoms with van der Waals surface area (Å²) in [6.45, 7) is 4.69. The number of hydrogen-bond donors (Lipinski definition) is 0. The first-order valence-electron chi connectivity index (χ1n) is 6.33. The molecule has 2 rings (SSSR count). The normalized spacial score (nSPS) is 15.2. The second kappa shape index (κ2) is 5.55. The number of benzene rings is 1. The number of alkyl halides is 1. The van der Waals surface area contributed by atoms with Gasteiger partial charge in [-0.1, -0.05) is 15.9 Å². The highest BCUT2D eigenvalue weighted by Crippen LogP contribution is 2.34. The maximum atomic E-state index is 14.1. The molecule has 0 unspecified atom stereocenters. The molecule has 1 nitrogen and oxygen atoms in total. The van der Waals surface area contributed by atoms with Gasteiger partial charge in [0.15, 0.2) is 0 Å². The molecule has 100 valence electrons. The van der Waals surface area contributed by atoms with Crippen molar-refractivity contribution < 1.29 is 8.78 Å². The van der Waals surface area contributed by atoms with Crippen molar-refractivity contribution in [2.75, 3.05) is 11.4 Å². The van der Waals surface area contributed by atoms with Crippen LogP contribution < -0.4 is 4.90 Å². The van der Waals surface area contributed by atoms with E-state index in [4.69, 9.17) is 0 Å². The zero-order chi connectivity index (χ0) is 13.3. The zero-order valence-electron chi connectivity index (χ0n) is 10.7. The highest BCUT2D eigenvalue weighted by molar-refractivity contribution is 9.08. The lowest BCUT2D eigenvalue weighted by Crippen LogP contribution is -2.34. The number of nitrogens with zero attached hydrogens (tertiary/aromatic N) is 1. The quantitative estimate of drug-likeness (QED) is 0.723. The Morgan fingerprint density at radius 3 is 2.22 bits per heavy atom. The van der Waals surface area contributed by atoms with Crippen molar-refractivity contribution in [1.29, 1.82) is 0 Å². The minimum Gasteiger partial charge on any atom is -0.364 e. The first kappa shape index (κ1) is 13.8. The first-order valence-corrected chi connectivity index (χ1v) is 7.45. The predicted molar refractivity (Wildman–Crippen MR) is 74.2 cm³/mol. The van der Waals surface area contributed by atoms with E-state index in [0.717, 1.165) is 6.54 Å². The molecule has 0 atom stereocenters. The molecule has 0 radical (unpaired) electrons. The van der Waals surface area contributed by atoms with Gasteiger partial charge in [-0.25, -0.2) is 8.78 Å². The lowest BCUT2D eigenvalue weighted by Gasteiger charge is -2.30. The van der Waals surface area contributed by atoms with Crippen molar-refractivity contribution >= 4 is 21.6 Å². The highest BCUT2D eigenvalue weighted by atomic mass is 79.9. The minimum atomic E-state index is -0.459. The van der Waals surface area contributed by atoms with Crippen molar-refractivity contribution in [1.82, 2.24) is 0 Å². The molecule has 1 fully saturated rings. The van der Waals surface area contributed by atoms with Gasteiger partial charge in [0.05, 0.1) is 0 Å². The molecule has 1 aromatic carbocycles. The second-order valence-corrected chi connectivity index (χ2v) is 5.79. The summed E-state index contributed by atoms with van der Waals surface area (Å²) in [7, 11) is 0. The maximum Gasteiger partial charge on any atom is 0.149 e. The van der Waals surface area contributed by atoms with Gasteiger partial charge < -0.3 is 4.90 Å². The van der Waals surface area contributed by atoms with Gasteiger partial charge in [0, 0.05) is 17.9 Å². The van der Waals surface area contributed by atoms with Gasteiger partial charge in [-0.2, -0.15) is 0 Å². The molecule has 4 heteroatoms. The van der Waals surface area contributed by atoms with E-state index in [-0.39, 0.29) is 11.7 Å². The Morgan fingerprint density at radius 1 is 1.28 bits per heavy atom. The van der Waals surface area contributed by atoms with Crippen LogP contribution in [0.1, 0.15) is 32.3 Å². The highest BCUT2D eigenvalue weighted by Gasteiger charge is 2.28. The van der Waals surface area contributed by atoms with Gasteiger partial charge in [-0.05, 0) is 50.3 Å². The van der Waals surface area contributed by atoms with E-state index < -0.39 is 11.6 Å². The van der Waals surface area contributed by atoms with Crippen LogP contribution in [-0.2, 0) is 5.33 Å². The van der Waals surface area contributed by atoms with E-state index >= 15 is 0 Å². The number of hydrogen-bond acceptors (Lipinski definition) is 1. The second-order valence-electron chi connectivity index (χ2n) is 5.23. The van der Waals surface area contributed by atoms with E-state index in [0.29, 0.717) is 16.8 Å². The Kier molecular flexibility index (Phi) is 4.25. The fourth-order valence-corrected chi connectivity index (χ4v) is 2.43. The molecule has 1 aliphatic carbocycles. The van der Waals surface area contributed by atoms with Gasteiger partial charge >= 0.3 is 0 Å². The molecule has 1 saturated carbocycles. The molecule has 0 aromatic heterocycles. The van der Waals surface area contributed by atoms with Gasteiger partial charge in [0.25, 0.3) is 0 Å². The van der Waals surface area contributed by atoms with Crippen molar-refractivity contribution in [3.63, 3.8) is 0 Å². The summed E-state index contributed by atoms with van der Waals surface area (Å²) in [5, 5.41) is 0.464. The van der Waals surface area contributed by atoms with Crippen LogP contribution in [0.4, 0.5) is 14.5 Å². The molecular weight excluding hydrogens is 300 g/mol. The number of rotatable bonds is 5. The average Bonchev–Trinajstić information content (AvgIpc) is 3.10. The monoisotopic (exact) mass is 317 g/mol. The van der Waals surface area contributed by atoms with Crippen LogP contribution in [0.15, 0.2) is 12.1 Å². The van der Waals surface area contributed by atoms with Gasteiger partial charge in [-0.3, -0.25) is 0 Å². The summed E-state index contributed by atoms with van der Waals surface area (Å²) >= 11 is 3.22.